The van der Waals surface area contributed by atoms with Crippen LogP contribution in [0.3, 0.4) is 0 Å². The summed E-state index contributed by atoms with van der Waals surface area (Å²) in [4.78, 5) is 27.4. The van der Waals surface area contributed by atoms with Crippen LogP contribution in [0.4, 0.5) is 0 Å². The van der Waals surface area contributed by atoms with Crippen molar-refractivity contribution in [2.45, 2.75) is 76.9 Å². The highest BCUT2D eigenvalue weighted by Gasteiger charge is 2.40. The van der Waals surface area contributed by atoms with Gasteiger partial charge in [-0.2, -0.15) is 0 Å². The predicted octanol–water partition coefficient (Wildman–Crippen LogP) is 2.54. The van der Waals surface area contributed by atoms with Crippen LogP contribution in [0.15, 0.2) is 10.5 Å². The third-order valence-electron chi connectivity index (χ3n) is 6.59. The zero-order chi connectivity index (χ0) is 19.0. The molecule has 2 N–H and O–H groups in total. The number of carbonyl (C=O) groups is 2. The number of nitrogens with one attached hydrogen (secondary N) is 2. The minimum absolute atomic E-state index is 0.000737. The Kier molecular flexibility index (Phi) is 5.26. The Morgan fingerprint density at radius 1 is 1.15 bits per heavy atom. The molecule has 3 heterocycles. The van der Waals surface area contributed by atoms with Crippen molar-refractivity contribution >= 4 is 11.8 Å². The van der Waals surface area contributed by atoms with E-state index in [0.717, 1.165) is 38.1 Å². The molecule has 1 aromatic rings. The van der Waals surface area contributed by atoms with Gasteiger partial charge in [0.2, 0.25) is 5.91 Å². The SMILES string of the molecule is Cc1cc(C(=O)NC2CCN(C(=O)C3CC4CCCCC4N3)CC2)c(C)o1. The third-order valence-corrected chi connectivity index (χ3v) is 6.59. The van der Waals surface area contributed by atoms with Crippen LogP contribution in [0.5, 0.6) is 0 Å². The first-order chi connectivity index (χ1) is 13.0. The highest BCUT2D eigenvalue weighted by atomic mass is 16.3. The molecule has 6 nitrogen and oxygen atoms in total. The average molecular weight is 373 g/mol. The van der Waals surface area contributed by atoms with Crippen molar-refractivity contribution in [3.63, 3.8) is 0 Å². The molecule has 2 amide bonds. The number of hydrogen-bond acceptors (Lipinski definition) is 4. The minimum Gasteiger partial charge on any atom is -0.466 e. The van der Waals surface area contributed by atoms with Crippen LogP contribution >= 0.6 is 0 Å². The maximum atomic E-state index is 12.9. The number of fused-ring (bicyclic) bond motifs is 1. The number of amides is 2. The van der Waals surface area contributed by atoms with Gasteiger partial charge in [-0.05, 0) is 57.9 Å². The predicted molar refractivity (Wildman–Crippen MR) is 103 cm³/mol. The maximum absolute atomic E-state index is 12.9. The fraction of sp³-hybridized carbons (Fsp3) is 0.714. The molecule has 3 atom stereocenters. The number of hydrogen-bond donors (Lipinski definition) is 2. The van der Waals surface area contributed by atoms with Gasteiger partial charge < -0.3 is 20.0 Å². The van der Waals surface area contributed by atoms with E-state index in [1.807, 2.05) is 18.7 Å². The van der Waals surface area contributed by atoms with Crippen LogP contribution < -0.4 is 10.6 Å². The summed E-state index contributed by atoms with van der Waals surface area (Å²) in [6.07, 6.45) is 7.71. The first-order valence-corrected chi connectivity index (χ1v) is 10.4. The van der Waals surface area contributed by atoms with E-state index < -0.39 is 0 Å². The Morgan fingerprint density at radius 2 is 1.89 bits per heavy atom. The summed E-state index contributed by atoms with van der Waals surface area (Å²) in [5, 5.41) is 6.70. The molecule has 148 valence electrons. The second-order valence-electron chi connectivity index (χ2n) is 8.51. The van der Waals surface area contributed by atoms with E-state index in [1.165, 1.54) is 25.7 Å². The number of furan rings is 1. The van der Waals surface area contributed by atoms with Gasteiger partial charge in [0.15, 0.2) is 0 Å². The van der Waals surface area contributed by atoms with E-state index in [9.17, 15) is 9.59 Å². The molecule has 4 rings (SSSR count). The third kappa shape index (κ3) is 3.91. The smallest absolute Gasteiger partial charge is 0.255 e. The van der Waals surface area contributed by atoms with E-state index in [-0.39, 0.29) is 23.9 Å². The molecule has 6 heteroatoms. The molecule has 0 aromatic carbocycles. The first kappa shape index (κ1) is 18.5. The van der Waals surface area contributed by atoms with Gasteiger partial charge in [-0.25, -0.2) is 0 Å². The lowest BCUT2D eigenvalue weighted by atomic mass is 9.85. The molecule has 2 saturated heterocycles. The molecule has 1 aromatic heterocycles. The summed E-state index contributed by atoms with van der Waals surface area (Å²) in [5.41, 5.74) is 0.615. The highest BCUT2D eigenvalue weighted by molar-refractivity contribution is 5.95. The van der Waals surface area contributed by atoms with E-state index >= 15 is 0 Å². The fourth-order valence-electron chi connectivity index (χ4n) is 5.09. The molecule has 1 saturated carbocycles. The molecule has 2 aliphatic heterocycles. The molecule has 1 aliphatic carbocycles. The Morgan fingerprint density at radius 3 is 2.56 bits per heavy atom. The molecule has 0 radical (unpaired) electrons. The number of likely N-dealkylation sites (tertiary alicyclic amines) is 1. The molecular weight excluding hydrogens is 342 g/mol. The molecule has 3 unspecified atom stereocenters. The van der Waals surface area contributed by atoms with Crippen LogP contribution in [0, 0.1) is 19.8 Å². The van der Waals surface area contributed by atoms with Gasteiger partial charge in [0.1, 0.15) is 11.5 Å². The normalized spacial score (nSPS) is 28.8. The van der Waals surface area contributed by atoms with Crippen molar-refractivity contribution < 1.29 is 14.0 Å². The van der Waals surface area contributed by atoms with Gasteiger partial charge in [-0.15, -0.1) is 0 Å². The highest BCUT2D eigenvalue weighted by Crippen LogP contribution is 2.34. The fourth-order valence-corrected chi connectivity index (χ4v) is 5.09. The quantitative estimate of drug-likeness (QED) is 0.854. The van der Waals surface area contributed by atoms with Crippen molar-refractivity contribution in [2.75, 3.05) is 13.1 Å². The maximum Gasteiger partial charge on any atom is 0.255 e. The number of aryl methyl sites for hydroxylation is 2. The van der Waals surface area contributed by atoms with Crippen LogP contribution in [-0.4, -0.2) is 47.9 Å². The molecule has 27 heavy (non-hydrogen) atoms. The van der Waals surface area contributed by atoms with Gasteiger partial charge in [-0.1, -0.05) is 12.8 Å². The first-order valence-electron chi connectivity index (χ1n) is 10.4. The standard InChI is InChI=1S/C21H31N3O3/c1-13-11-17(14(2)27-13)20(25)22-16-7-9-24(10-8-16)21(26)19-12-15-5-3-4-6-18(15)23-19/h11,15-16,18-19,23H,3-10,12H2,1-2H3,(H,22,25). The number of nitrogens with zero attached hydrogens (tertiary/aromatic N) is 1. The summed E-state index contributed by atoms with van der Waals surface area (Å²) in [6, 6.07) is 2.45. The Bertz CT molecular complexity index is 692. The van der Waals surface area contributed by atoms with E-state index in [0.29, 0.717) is 23.3 Å². The van der Waals surface area contributed by atoms with Gasteiger partial charge >= 0.3 is 0 Å². The van der Waals surface area contributed by atoms with Crippen molar-refractivity contribution in [3.05, 3.63) is 23.2 Å². The molecule has 0 spiro atoms. The summed E-state index contributed by atoms with van der Waals surface area (Å²) < 4.78 is 5.45. The molecular formula is C21H31N3O3. The minimum atomic E-state index is -0.0735. The molecule has 0 bridgehead atoms. The average Bonchev–Trinajstić information content (AvgIpc) is 3.24. The lowest BCUT2D eigenvalue weighted by Gasteiger charge is -2.34. The number of piperidine rings is 1. The second kappa shape index (κ2) is 7.66. The van der Waals surface area contributed by atoms with Crippen molar-refractivity contribution in [3.8, 4) is 0 Å². The Hall–Kier alpha value is -1.82. The summed E-state index contributed by atoms with van der Waals surface area (Å²) in [5.74, 6) is 2.28. The van der Waals surface area contributed by atoms with Gasteiger partial charge in [0.05, 0.1) is 11.6 Å². The van der Waals surface area contributed by atoms with E-state index in [1.54, 1.807) is 6.07 Å². The van der Waals surface area contributed by atoms with Gasteiger partial charge in [0, 0.05) is 25.2 Å². The van der Waals surface area contributed by atoms with E-state index in [4.69, 9.17) is 4.42 Å². The Labute approximate surface area is 161 Å². The van der Waals surface area contributed by atoms with Crippen molar-refractivity contribution in [2.24, 2.45) is 5.92 Å². The lowest BCUT2D eigenvalue weighted by Crippen LogP contribution is -2.51. The zero-order valence-electron chi connectivity index (χ0n) is 16.4. The van der Waals surface area contributed by atoms with Crippen LogP contribution in [0.2, 0.25) is 0 Å². The van der Waals surface area contributed by atoms with Crippen molar-refractivity contribution in [1.82, 2.24) is 15.5 Å². The van der Waals surface area contributed by atoms with Gasteiger partial charge in [0.25, 0.3) is 5.91 Å². The van der Waals surface area contributed by atoms with Crippen LogP contribution in [0.1, 0.15) is 66.8 Å². The summed E-state index contributed by atoms with van der Waals surface area (Å²) >= 11 is 0. The molecule has 3 fully saturated rings. The number of rotatable bonds is 3. The summed E-state index contributed by atoms with van der Waals surface area (Å²) in [6.45, 7) is 5.11. The topological polar surface area (TPSA) is 74.6 Å². The monoisotopic (exact) mass is 373 g/mol. The second-order valence-corrected chi connectivity index (χ2v) is 8.51. The zero-order valence-corrected chi connectivity index (χ0v) is 16.4. The van der Waals surface area contributed by atoms with Crippen LogP contribution in [-0.2, 0) is 4.79 Å². The molecule has 3 aliphatic rings. The lowest BCUT2D eigenvalue weighted by molar-refractivity contribution is -0.134. The largest absolute Gasteiger partial charge is 0.466 e. The van der Waals surface area contributed by atoms with Crippen molar-refractivity contribution in [1.29, 1.82) is 0 Å². The summed E-state index contributed by atoms with van der Waals surface area (Å²) in [7, 11) is 0. The van der Waals surface area contributed by atoms with E-state index in [2.05, 4.69) is 10.6 Å². The van der Waals surface area contributed by atoms with Gasteiger partial charge in [-0.3, -0.25) is 9.59 Å². The number of carbonyl (C=O) groups excluding carboxylic acids is 2. The van der Waals surface area contributed by atoms with Crippen LogP contribution in [0.25, 0.3) is 0 Å². The Balaban J connectivity index is 1.27.